The Morgan fingerprint density at radius 2 is 1.83 bits per heavy atom. The first-order valence-corrected chi connectivity index (χ1v) is 8.64. The molecule has 0 spiro atoms. The zero-order chi connectivity index (χ0) is 17.7. The van der Waals surface area contributed by atoms with Crippen LogP contribution in [0.2, 0.25) is 5.02 Å². The molecule has 0 aliphatic carbocycles. The van der Waals surface area contributed by atoms with E-state index < -0.39 is 28.5 Å². The number of carboxylic acids is 1. The zero-order valence-electron chi connectivity index (χ0n) is 12.3. The number of benzene rings is 2. The molecule has 1 amide bonds. The Hall–Kier alpha value is -2.25. The lowest BCUT2D eigenvalue weighted by atomic mass is 10.1. The summed E-state index contributed by atoms with van der Waals surface area (Å²) < 4.78 is 25.0. The number of amides is 1. The Morgan fingerprint density at radius 1 is 1.17 bits per heavy atom. The number of nitrogens with one attached hydrogen (secondary N) is 1. The highest BCUT2D eigenvalue weighted by molar-refractivity contribution is 7.84. The molecule has 2 aromatic carbocycles. The molecule has 0 fully saturated rings. The Kier molecular flexibility index (Phi) is 6.05. The van der Waals surface area contributed by atoms with Crippen molar-refractivity contribution in [2.75, 3.05) is 11.1 Å². The van der Waals surface area contributed by atoms with Gasteiger partial charge in [0.05, 0.1) is 10.6 Å². The third-order valence-electron chi connectivity index (χ3n) is 3.02. The largest absolute Gasteiger partial charge is 0.478 e. The molecule has 1 unspecified atom stereocenters. The first kappa shape index (κ1) is 18.1. The fourth-order valence-corrected chi connectivity index (χ4v) is 3.11. The highest BCUT2D eigenvalue weighted by Gasteiger charge is 2.11. The second-order valence-corrected chi connectivity index (χ2v) is 6.77. The molecule has 24 heavy (non-hydrogen) atoms. The smallest absolute Gasteiger partial charge is 0.335 e. The van der Waals surface area contributed by atoms with Crippen molar-refractivity contribution >= 4 is 40.0 Å². The average Bonchev–Trinajstić information content (AvgIpc) is 2.51. The van der Waals surface area contributed by atoms with Gasteiger partial charge in [0.2, 0.25) is 5.91 Å². The van der Waals surface area contributed by atoms with Gasteiger partial charge in [-0.1, -0.05) is 23.7 Å². The fourth-order valence-electron chi connectivity index (χ4n) is 1.90. The van der Waals surface area contributed by atoms with E-state index in [0.29, 0.717) is 11.3 Å². The van der Waals surface area contributed by atoms with Gasteiger partial charge in [-0.15, -0.1) is 0 Å². The number of aromatic carboxylic acids is 1. The van der Waals surface area contributed by atoms with Crippen LogP contribution in [0.3, 0.4) is 0 Å². The summed E-state index contributed by atoms with van der Waals surface area (Å²) in [6.45, 7) is 0. The number of rotatable bonds is 6. The van der Waals surface area contributed by atoms with E-state index in [-0.39, 0.29) is 22.1 Å². The molecule has 0 saturated carbocycles. The minimum Gasteiger partial charge on any atom is -0.478 e. The van der Waals surface area contributed by atoms with Gasteiger partial charge in [-0.05, 0) is 35.9 Å². The lowest BCUT2D eigenvalue weighted by Crippen LogP contribution is -2.20. The van der Waals surface area contributed by atoms with Crippen molar-refractivity contribution < 1.29 is 23.3 Å². The molecule has 0 radical (unpaired) electrons. The van der Waals surface area contributed by atoms with Crippen molar-refractivity contribution in [3.8, 4) is 0 Å². The summed E-state index contributed by atoms with van der Waals surface area (Å²) in [4.78, 5) is 22.6. The third kappa shape index (κ3) is 5.14. The number of carbonyl (C=O) groups excluding carboxylic acids is 1. The van der Waals surface area contributed by atoms with E-state index in [2.05, 4.69) is 5.32 Å². The maximum Gasteiger partial charge on any atom is 0.335 e. The SMILES string of the molecule is O=C(CS(=O)Cc1ccc(C(=O)O)cc1)Nc1ccc(F)c(Cl)c1. The summed E-state index contributed by atoms with van der Waals surface area (Å²) in [6.07, 6.45) is 0. The van der Waals surface area contributed by atoms with Gasteiger partial charge in [-0.2, -0.15) is 0 Å². The second-order valence-electron chi connectivity index (χ2n) is 4.91. The van der Waals surface area contributed by atoms with E-state index in [9.17, 15) is 18.2 Å². The summed E-state index contributed by atoms with van der Waals surface area (Å²) >= 11 is 5.62. The normalized spacial score (nSPS) is 11.8. The van der Waals surface area contributed by atoms with Crippen molar-refractivity contribution in [3.63, 3.8) is 0 Å². The number of hydrogen-bond donors (Lipinski definition) is 2. The first-order valence-electron chi connectivity index (χ1n) is 6.77. The first-order chi connectivity index (χ1) is 11.3. The quantitative estimate of drug-likeness (QED) is 0.819. The number of carboxylic acid groups (broad SMARTS) is 1. The minimum atomic E-state index is -1.47. The van der Waals surface area contributed by atoms with Crippen LogP contribution in [-0.4, -0.2) is 26.9 Å². The third-order valence-corrected chi connectivity index (χ3v) is 4.55. The predicted molar refractivity (Wildman–Crippen MR) is 90.2 cm³/mol. The van der Waals surface area contributed by atoms with Gasteiger partial charge in [0, 0.05) is 22.2 Å². The van der Waals surface area contributed by atoms with Crippen LogP contribution in [0.25, 0.3) is 0 Å². The van der Waals surface area contributed by atoms with Gasteiger partial charge in [0.25, 0.3) is 0 Å². The molecule has 126 valence electrons. The van der Waals surface area contributed by atoms with Crippen LogP contribution >= 0.6 is 11.6 Å². The van der Waals surface area contributed by atoms with Gasteiger partial charge < -0.3 is 10.4 Å². The molecule has 0 aromatic heterocycles. The second kappa shape index (κ2) is 8.03. The molecule has 0 aliphatic rings. The predicted octanol–water partition coefficient (Wildman–Crippen LogP) is 3.06. The molecule has 8 heteroatoms. The van der Waals surface area contributed by atoms with Gasteiger partial charge in [-0.3, -0.25) is 9.00 Å². The van der Waals surface area contributed by atoms with E-state index in [1.807, 2.05) is 0 Å². The van der Waals surface area contributed by atoms with Gasteiger partial charge >= 0.3 is 5.97 Å². The van der Waals surface area contributed by atoms with E-state index in [1.54, 1.807) is 12.1 Å². The topological polar surface area (TPSA) is 83.5 Å². The molecular formula is C16H13ClFNO4S. The van der Waals surface area contributed by atoms with Crippen molar-refractivity contribution in [1.29, 1.82) is 0 Å². The molecule has 2 N–H and O–H groups in total. The van der Waals surface area contributed by atoms with E-state index in [1.165, 1.54) is 24.3 Å². The Balaban J connectivity index is 1.90. The molecule has 5 nitrogen and oxygen atoms in total. The standard InChI is InChI=1S/C16H13ClFNO4S/c17-13-7-12(5-6-14(13)18)19-15(20)9-24(23)8-10-1-3-11(4-2-10)16(21)22/h1-7H,8-9H2,(H,19,20)(H,21,22). The molecule has 1 atom stereocenters. The molecular weight excluding hydrogens is 357 g/mol. The van der Waals surface area contributed by atoms with Crippen LogP contribution in [0, 0.1) is 5.82 Å². The lowest BCUT2D eigenvalue weighted by molar-refractivity contribution is -0.113. The summed E-state index contributed by atoms with van der Waals surface area (Å²) in [6, 6.07) is 9.68. The molecule has 0 saturated heterocycles. The highest BCUT2D eigenvalue weighted by Crippen LogP contribution is 2.19. The fraction of sp³-hybridized carbons (Fsp3) is 0.125. The van der Waals surface area contributed by atoms with E-state index in [0.717, 1.165) is 6.07 Å². The zero-order valence-corrected chi connectivity index (χ0v) is 13.9. The van der Waals surface area contributed by atoms with E-state index >= 15 is 0 Å². The van der Waals surface area contributed by atoms with Crippen LogP contribution in [0.15, 0.2) is 42.5 Å². The van der Waals surface area contributed by atoms with Crippen LogP contribution in [0.5, 0.6) is 0 Å². The number of anilines is 1. The van der Waals surface area contributed by atoms with Gasteiger partial charge in [0.1, 0.15) is 11.6 Å². The minimum absolute atomic E-state index is 0.118. The van der Waals surface area contributed by atoms with Crippen molar-refractivity contribution in [2.45, 2.75) is 5.75 Å². The maximum atomic E-state index is 13.0. The Morgan fingerprint density at radius 3 is 2.42 bits per heavy atom. The van der Waals surface area contributed by atoms with E-state index in [4.69, 9.17) is 16.7 Å². The summed E-state index contributed by atoms with van der Waals surface area (Å²) in [5.74, 6) is -2.24. The van der Waals surface area contributed by atoms with Crippen molar-refractivity contribution in [2.24, 2.45) is 0 Å². The summed E-state index contributed by atoms with van der Waals surface area (Å²) in [7, 11) is -1.47. The van der Waals surface area contributed by atoms with Crippen LogP contribution in [-0.2, 0) is 21.3 Å². The Bertz CT molecular complexity index is 795. The van der Waals surface area contributed by atoms with Gasteiger partial charge in [0.15, 0.2) is 0 Å². The monoisotopic (exact) mass is 369 g/mol. The molecule has 2 aromatic rings. The molecule has 0 heterocycles. The summed E-state index contributed by atoms with van der Waals surface area (Å²) in [5.41, 5.74) is 1.11. The lowest BCUT2D eigenvalue weighted by Gasteiger charge is -2.06. The average molecular weight is 370 g/mol. The molecule has 2 rings (SSSR count). The maximum absolute atomic E-state index is 13.0. The molecule has 0 aliphatic heterocycles. The van der Waals surface area contributed by atoms with Crippen molar-refractivity contribution in [1.82, 2.24) is 0 Å². The Labute approximate surface area is 144 Å². The van der Waals surface area contributed by atoms with Crippen molar-refractivity contribution in [3.05, 3.63) is 64.4 Å². The number of hydrogen-bond acceptors (Lipinski definition) is 3. The van der Waals surface area contributed by atoms with Crippen LogP contribution in [0.1, 0.15) is 15.9 Å². The number of carbonyl (C=O) groups is 2. The summed E-state index contributed by atoms with van der Waals surface area (Å²) in [5, 5.41) is 11.2. The van der Waals surface area contributed by atoms with Crippen LogP contribution < -0.4 is 5.32 Å². The highest BCUT2D eigenvalue weighted by atomic mass is 35.5. The van der Waals surface area contributed by atoms with Gasteiger partial charge in [-0.25, -0.2) is 9.18 Å². The number of halogens is 2. The van der Waals surface area contributed by atoms with Crippen LogP contribution in [0.4, 0.5) is 10.1 Å². The molecule has 0 bridgehead atoms.